The standard InChI is InChI=1S/C17H21N3/c1-12(2)15-6-5-7-16(13(3)4)17(15)20-11-14-10-18-8-9-19-14/h5-13H,1-4H3. The first-order valence-electron chi connectivity index (χ1n) is 7.02. The highest BCUT2D eigenvalue weighted by atomic mass is 14.8. The highest BCUT2D eigenvalue weighted by Crippen LogP contribution is 2.34. The Morgan fingerprint density at radius 1 is 1.00 bits per heavy atom. The average Bonchev–Trinajstić information content (AvgIpc) is 2.45. The summed E-state index contributed by atoms with van der Waals surface area (Å²) in [5, 5.41) is 0. The molecule has 1 heterocycles. The molecule has 20 heavy (non-hydrogen) atoms. The second kappa shape index (κ2) is 6.42. The Balaban J connectivity index is 2.46. The van der Waals surface area contributed by atoms with E-state index in [1.807, 2.05) is 0 Å². The van der Waals surface area contributed by atoms with Gasteiger partial charge in [-0.3, -0.25) is 15.0 Å². The Morgan fingerprint density at radius 2 is 1.65 bits per heavy atom. The van der Waals surface area contributed by atoms with E-state index in [2.05, 4.69) is 55.9 Å². The lowest BCUT2D eigenvalue weighted by Crippen LogP contribution is -1.96. The Morgan fingerprint density at radius 3 is 2.15 bits per heavy atom. The first-order chi connectivity index (χ1) is 9.59. The molecule has 2 aromatic rings. The van der Waals surface area contributed by atoms with E-state index in [1.54, 1.807) is 24.8 Å². The van der Waals surface area contributed by atoms with Crippen LogP contribution in [0.2, 0.25) is 0 Å². The summed E-state index contributed by atoms with van der Waals surface area (Å²) in [5.41, 5.74) is 4.40. The van der Waals surface area contributed by atoms with E-state index in [4.69, 9.17) is 4.99 Å². The molecule has 0 spiro atoms. The van der Waals surface area contributed by atoms with Crippen molar-refractivity contribution in [1.82, 2.24) is 9.97 Å². The molecule has 3 heteroatoms. The van der Waals surface area contributed by atoms with Crippen molar-refractivity contribution in [2.45, 2.75) is 39.5 Å². The number of nitrogens with zero attached hydrogens (tertiary/aromatic N) is 3. The van der Waals surface area contributed by atoms with Crippen LogP contribution in [0.25, 0.3) is 0 Å². The van der Waals surface area contributed by atoms with Gasteiger partial charge in [-0.05, 0) is 23.0 Å². The molecule has 0 bridgehead atoms. The van der Waals surface area contributed by atoms with Crippen molar-refractivity contribution in [1.29, 1.82) is 0 Å². The predicted molar refractivity (Wildman–Crippen MR) is 83.9 cm³/mol. The summed E-state index contributed by atoms with van der Waals surface area (Å²) in [6.07, 6.45) is 6.86. The smallest absolute Gasteiger partial charge is 0.0995 e. The fourth-order valence-electron chi connectivity index (χ4n) is 2.17. The van der Waals surface area contributed by atoms with Crippen molar-refractivity contribution in [3.8, 4) is 0 Å². The Labute approximate surface area is 120 Å². The number of benzene rings is 1. The lowest BCUT2D eigenvalue weighted by atomic mass is 9.93. The van der Waals surface area contributed by atoms with Crippen molar-refractivity contribution in [3.05, 3.63) is 53.6 Å². The van der Waals surface area contributed by atoms with Gasteiger partial charge in [-0.2, -0.15) is 0 Å². The lowest BCUT2D eigenvalue weighted by molar-refractivity contribution is 0.835. The quantitative estimate of drug-likeness (QED) is 0.766. The van der Waals surface area contributed by atoms with E-state index in [-0.39, 0.29) is 0 Å². The molecule has 0 saturated carbocycles. The molecule has 0 saturated heterocycles. The van der Waals surface area contributed by atoms with Gasteiger partial charge in [0.1, 0.15) is 0 Å². The van der Waals surface area contributed by atoms with Crippen LogP contribution in [-0.2, 0) is 0 Å². The zero-order valence-electron chi connectivity index (χ0n) is 12.5. The van der Waals surface area contributed by atoms with Crippen LogP contribution < -0.4 is 0 Å². The van der Waals surface area contributed by atoms with Crippen LogP contribution in [0.5, 0.6) is 0 Å². The molecular weight excluding hydrogens is 246 g/mol. The molecular formula is C17H21N3. The normalized spacial score (nSPS) is 11.7. The molecule has 0 aliphatic rings. The number of para-hydroxylation sites is 1. The monoisotopic (exact) mass is 267 g/mol. The van der Waals surface area contributed by atoms with E-state index in [0.29, 0.717) is 11.8 Å². The Hall–Kier alpha value is -2.03. The summed E-state index contributed by atoms with van der Waals surface area (Å²) in [5.74, 6) is 0.894. The van der Waals surface area contributed by atoms with Crippen LogP contribution in [0, 0.1) is 0 Å². The third-order valence-electron chi connectivity index (χ3n) is 3.25. The number of aliphatic imine (C=N–C) groups is 1. The molecule has 1 aromatic heterocycles. The van der Waals surface area contributed by atoms with E-state index in [0.717, 1.165) is 11.4 Å². The summed E-state index contributed by atoms with van der Waals surface area (Å²) in [4.78, 5) is 13.0. The van der Waals surface area contributed by atoms with Gasteiger partial charge in [0, 0.05) is 12.4 Å². The van der Waals surface area contributed by atoms with E-state index in [1.165, 1.54) is 11.1 Å². The third-order valence-corrected chi connectivity index (χ3v) is 3.25. The molecule has 0 N–H and O–H groups in total. The number of hydrogen-bond donors (Lipinski definition) is 0. The van der Waals surface area contributed by atoms with Gasteiger partial charge in [-0.15, -0.1) is 0 Å². The molecule has 0 fully saturated rings. The minimum atomic E-state index is 0.447. The second-order valence-corrected chi connectivity index (χ2v) is 5.48. The minimum absolute atomic E-state index is 0.447. The Kier molecular flexibility index (Phi) is 4.61. The maximum Gasteiger partial charge on any atom is 0.0995 e. The summed E-state index contributed by atoms with van der Waals surface area (Å²) in [6, 6.07) is 6.42. The molecule has 0 aliphatic carbocycles. The zero-order valence-corrected chi connectivity index (χ0v) is 12.5. The number of rotatable bonds is 4. The van der Waals surface area contributed by atoms with Crippen molar-refractivity contribution < 1.29 is 0 Å². The van der Waals surface area contributed by atoms with Crippen LogP contribution in [0.15, 0.2) is 41.8 Å². The average molecular weight is 267 g/mol. The van der Waals surface area contributed by atoms with Gasteiger partial charge in [0.25, 0.3) is 0 Å². The van der Waals surface area contributed by atoms with Crippen LogP contribution in [-0.4, -0.2) is 16.2 Å². The summed E-state index contributed by atoms with van der Waals surface area (Å²) in [6.45, 7) is 8.78. The van der Waals surface area contributed by atoms with Crippen LogP contribution >= 0.6 is 0 Å². The van der Waals surface area contributed by atoms with Crippen LogP contribution in [0.1, 0.15) is 56.4 Å². The third kappa shape index (κ3) is 3.29. The van der Waals surface area contributed by atoms with Gasteiger partial charge in [0.05, 0.1) is 23.8 Å². The highest BCUT2D eigenvalue weighted by Gasteiger charge is 2.12. The first-order valence-corrected chi connectivity index (χ1v) is 7.02. The molecule has 104 valence electrons. The minimum Gasteiger partial charge on any atom is -0.261 e. The number of aromatic nitrogens is 2. The predicted octanol–water partition coefficient (Wildman–Crippen LogP) is 4.47. The van der Waals surface area contributed by atoms with Crippen molar-refractivity contribution >= 4 is 11.9 Å². The fraction of sp³-hybridized carbons (Fsp3) is 0.353. The first kappa shape index (κ1) is 14.4. The molecule has 3 nitrogen and oxygen atoms in total. The van der Waals surface area contributed by atoms with Gasteiger partial charge in [-0.1, -0.05) is 45.9 Å². The molecule has 0 aliphatic heterocycles. The molecule has 0 atom stereocenters. The Bertz CT molecular complexity index is 560. The SMILES string of the molecule is CC(C)c1cccc(C(C)C)c1N=Cc1cnccn1. The van der Waals surface area contributed by atoms with Gasteiger partial charge >= 0.3 is 0 Å². The summed E-state index contributed by atoms with van der Waals surface area (Å²) >= 11 is 0. The highest BCUT2D eigenvalue weighted by molar-refractivity contribution is 5.80. The van der Waals surface area contributed by atoms with Gasteiger partial charge in [-0.25, -0.2) is 0 Å². The van der Waals surface area contributed by atoms with Gasteiger partial charge in [0.2, 0.25) is 0 Å². The van der Waals surface area contributed by atoms with E-state index < -0.39 is 0 Å². The van der Waals surface area contributed by atoms with Crippen molar-refractivity contribution in [2.24, 2.45) is 4.99 Å². The zero-order chi connectivity index (χ0) is 14.5. The largest absolute Gasteiger partial charge is 0.261 e. The van der Waals surface area contributed by atoms with Crippen molar-refractivity contribution in [2.75, 3.05) is 0 Å². The topological polar surface area (TPSA) is 38.1 Å². The van der Waals surface area contributed by atoms with Crippen LogP contribution in [0.4, 0.5) is 5.69 Å². The van der Waals surface area contributed by atoms with Gasteiger partial charge in [0.15, 0.2) is 0 Å². The lowest BCUT2D eigenvalue weighted by Gasteiger charge is -2.16. The molecule has 1 aromatic carbocycles. The maximum absolute atomic E-state index is 4.69. The number of hydrogen-bond acceptors (Lipinski definition) is 3. The second-order valence-electron chi connectivity index (χ2n) is 5.48. The summed E-state index contributed by atoms with van der Waals surface area (Å²) in [7, 11) is 0. The molecule has 0 unspecified atom stereocenters. The van der Waals surface area contributed by atoms with Crippen molar-refractivity contribution in [3.63, 3.8) is 0 Å². The molecule has 0 amide bonds. The van der Waals surface area contributed by atoms with Gasteiger partial charge < -0.3 is 0 Å². The van der Waals surface area contributed by atoms with E-state index in [9.17, 15) is 0 Å². The summed E-state index contributed by atoms with van der Waals surface area (Å²) < 4.78 is 0. The maximum atomic E-state index is 4.69. The molecule has 2 rings (SSSR count). The van der Waals surface area contributed by atoms with E-state index >= 15 is 0 Å². The molecule has 0 radical (unpaired) electrons. The van der Waals surface area contributed by atoms with Crippen LogP contribution in [0.3, 0.4) is 0 Å². The fourth-order valence-corrected chi connectivity index (χ4v) is 2.17.